The molecule has 0 aliphatic carbocycles. The van der Waals surface area contributed by atoms with Gasteiger partial charge in [-0.2, -0.15) is 0 Å². The number of rotatable bonds is 1. The first kappa shape index (κ1) is 10.1. The molecule has 1 aliphatic rings. The second-order valence-electron chi connectivity index (χ2n) is 3.16. The SMILES string of the molecule is C[C@@H](O)c1cc2c(cc1F)OC(F)(F)O2. The normalized spacial score (nSPS) is 19.0. The van der Waals surface area contributed by atoms with Gasteiger partial charge in [-0.15, -0.1) is 8.78 Å². The molecule has 3 nitrogen and oxygen atoms in total. The number of fused-ring (bicyclic) bond motifs is 1. The summed E-state index contributed by atoms with van der Waals surface area (Å²) in [6.45, 7) is 1.32. The number of alkyl halides is 2. The van der Waals surface area contributed by atoms with Crippen LogP contribution in [-0.2, 0) is 0 Å². The maximum atomic E-state index is 13.2. The van der Waals surface area contributed by atoms with Gasteiger partial charge in [0.05, 0.1) is 6.10 Å². The van der Waals surface area contributed by atoms with Crippen molar-refractivity contribution < 1.29 is 27.8 Å². The van der Waals surface area contributed by atoms with E-state index in [1.165, 1.54) is 6.92 Å². The third-order valence-electron chi connectivity index (χ3n) is 1.97. The predicted molar refractivity (Wildman–Crippen MR) is 43.2 cm³/mol. The molecule has 2 rings (SSSR count). The smallest absolute Gasteiger partial charge is 0.395 e. The van der Waals surface area contributed by atoms with Crippen LogP contribution in [0.1, 0.15) is 18.6 Å². The molecule has 1 atom stereocenters. The van der Waals surface area contributed by atoms with Gasteiger partial charge in [0.2, 0.25) is 0 Å². The summed E-state index contributed by atoms with van der Waals surface area (Å²) in [5.74, 6) is -1.47. The lowest BCUT2D eigenvalue weighted by Crippen LogP contribution is -2.25. The van der Waals surface area contributed by atoms with Crippen molar-refractivity contribution in [3.8, 4) is 11.5 Å². The maximum Gasteiger partial charge on any atom is 0.586 e. The molecule has 1 aliphatic heterocycles. The van der Waals surface area contributed by atoms with Gasteiger partial charge in [0, 0.05) is 11.6 Å². The van der Waals surface area contributed by atoms with Crippen LogP contribution in [0, 0.1) is 5.82 Å². The molecule has 6 heteroatoms. The molecule has 1 heterocycles. The van der Waals surface area contributed by atoms with Crippen LogP contribution >= 0.6 is 0 Å². The van der Waals surface area contributed by atoms with Gasteiger partial charge in [-0.25, -0.2) is 4.39 Å². The molecule has 15 heavy (non-hydrogen) atoms. The van der Waals surface area contributed by atoms with Crippen LogP contribution in [0.4, 0.5) is 13.2 Å². The van der Waals surface area contributed by atoms with Gasteiger partial charge in [0.1, 0.15) is 5.82 Å². The summed E-state index contributed by atoms with van der Waals surface area (Å²) in [6, 6.07) is 1.76. The minimum atomic E-state index is -3.77. The van der Waals surface area contributed by atoms with E-state index < -0.39 is 18.2 Å². The van der Waals surface area contributed by atoms with Gasteiger partial charge in [-0.1, -0.05) is 0 Å². The Morgan fingerprint density at radius 1 is 1.27 bits per heavy atom. The van der Waals surface area contributed by atoms with E-state index in [1.54, 1.807) is 0 Å². The first-order chi connectivity index (χ1) is 6.89. The van der Waals surface area contributed by atoms with Crippen molar-refractivity contribution in [2.75, 3.05) is 0 Å². The molecular formula is C9H7F3O3. The number of benzene rings is 1. The van der Waals surface area contributed by atoms with Gasteiger partial charge < -0.3 is 14.6 Å². The molecule has 1 aromatic rings. The molecule has 1 N–H and O–H groups in total. The molecule has 0 amide bonds. The monoisotopic (exact) mass is 220 g/mol. The molecule has 0 spiro atoms. The van der Waals surface area contributed by atoms with Crippen molar-refractivity contribution >= 4 is 0 Å². The highest BCUT2D eigenvalue weighted by molar-refractivity contribution is 5.46. The summed E-state index contributed by atoms with van der Waals surface area (Å²) >= 11 is 0. The topological polar surface area (TPSA) is 38.7 Å². The summed E-state index contributed by atoms with van der Waals surface area (Å²) in [7, 11) is 0. The summed E-state index contributed by atoms with van der Waals surface area (Å²) in [4.78, 5) is 0. The molecule has 0 radical (unpaired) electrons. The largest absolute Gasteiger partial charge is 0.586 e. The third kappa shape index (κ3) is 1.72. The van der Waals surface area contributed by atoms with Crippen LogP contribution in [0.15, 0.2) is 12.1 Å². The molecule has 0 saturated heterocycles. The number of halogens is 3. The Labute approximate surface area is 83.0 Å². The Morgan fingerprint density at radius 2 is 1.80 bits per heavy atom. The summed E-state index contributed by atoms with van der Waals surface area (Å²) in [6.07, 6.45) is -4.88. The minimum Gasteiger partial charge on any atom is -0.395 e. The Morgan fingerprint density at radius 3 is 2.33 bits per heavy atom. The standard InChI is InChI=1S/C9H7F3O3/c1-4(13)5-2-7-8(3-6(5)10)15-9(11,12)14-7/h2-4,13H,1H3/t4-/m1/s1. The molecule has 82 valence electrons. The van der Waals surface area contributed by atoms with Crippen LogP contribution in [0.25, 0.3) is 0 Å². The lowest BCUT2D eigenvalue weighted by atomic mass is 10.1. The Balaban J connectivity index is 2.45. The molecule has 1 aromatic carbocycles. The van der Waals surface area contributed by atoms with Gasteiger partial charge >= 0.3 is 6.29 Å². The van der Waals surface area contributed by atoms with Crippen molar-refractivity contribution in [3.05, 3.63) is 23.5 Å². The average molecular weight is 220 g/mol. The minimum absolute atomic E-state index is 0.116. The maximum absolute atomic E-state index is 13.2. The second kappa shape index (κ2) is 3.03. The number of aliphatic hydroxyl groups excluding tert-OH is 1. The molecule has 0 unspecified atom stereocenters. The fourth-order valence-electron chi connectivity index (χ4n) is 1.31. The van der Waals surface area contributed by atoms with Gasteiger partial charge in [-0.05, 0) is 13.0 Å². The van der Waals surface area contributed by atoms with Crippen LogP contribution < -0.4 is 9.47 Å². The summed E-state index contributed by atoms with van der Waals surface area (Å²) in [5.41, 5.74) is -0.116. The summed E-state index contributed by atoms with van der Waals surface area (Å²) in [5, 5.41) is 9.14. The van der Waals surface area contributed by atoms with Crippen LogP contribution in [0.3, 0.4) is 0 Å². The van der Waals surface area contributed by atoms with E-state index in [0.29, 0.717) is 0 Å². The van der Waals surface area contributed by atoms with E-state index in [9.17, 15) is 13.2 Å². The van der Waals surface area contributed by atoms with E-state index >= 15 is 0 Å². The molecule has 0 bridgehead atoms. The fourth-order valence-corrected chi connectivity index (χ4v) is 1.31. The Hall–Kier alpha value is -1.43. The van der Waals surface area contributed by atoms with E-state index in [-0.39, 0.29) is 17.1 Å². The van der Waals surface area contributed by atoms with Crippen molar-refractivity contribution in [1.29, 1.82) is 0 Å². The highest BCUT2D eigenvalue weighted by Crippen LogP contribution is 2.42. The van der Waals surface area contributed by atoms with Crippen molar-refractivity contribution in [2.24, 2.45) is 0 Å². The van der Waals surface area contributed by atoms with Crippen LogP contribution in [-0.4, -0.2) is 11.4 Å². The number of ether oxygens (including phenoxy) is 2. The van der Waals surface area contributed by atoms with Crippen molar-refractivity contribution in [3.63, 3.8) is 0 Å². The molecule has 0 saturated carbocycles. The lowest BCUT2D eigenvalue weighted by Gasteiger charge is -2.06. The van der Waals surface area contributed by atoms with E-state index in [2.05, 4.69) is 9.47 Å². The Kier molecular flexibility index (Phi) is 2.04. The van der Waals surface area contributed by atoms with Crippen molar-refractivity contribution in [2.45, 2.75) is 19.3 Å². The fraction of sp³-hybridized carbons (Fsp3) is 0.333. The first-order valence-corrected chi connectivity index (χ1v) is 4.16. The number of hydrogen-bond donors (Lipinski definition) is 1. The average Bonchev–Trinajstić information content (AvgIpc) is 2.36. The quantitative estimate of drug-likeness (QED) is 0.788. The Bertz CT molecular complexity index is 404. The molecule has 0 fully saturated rings. The van der Waals surface area contributed by atoms with Crippen LogP contribution in [0.5, 0.6) is 11.5 Å². The highest BCUT2D eigenvalue weighted by atomic mass is 19.3. The van der Waals surface area contributed by atoms with E-state index in [0.717, 1.165) is 12.1 Å². The third-order valence-corrected chi connectivity index (χ3v) is 1.97. The lowest BCUT2D eigenvalue weighted by molar-refractivity contribution is -0.286. The molecular weight excluding hydrogens is 213 g/mol. The highest BCUT2D eigenvalue weighted by Gasteiger charge is 2.44. The van der Waals surface area contributed by atoms with E-state index in [1.807, 2.05) is 0 Å². The van der Waals surface area contributed by atoms with Gasteiger partial charge in [0.25, 0.3) is 0 Å². The zero-order valence-electron chi connectivity index (χ0n) is 7.63. The predicted octanol–water partition coefficient (Wildman–Crippen LogP) is 2.20. The summed E-state index contributed by atoms with van der Waals surface area (Å²) < 4.78 is 46.5. The van der Waals surface area contributed by atoms with Crippen molar-refractivity contribution in [1.82, 2.24) is 0 Å². The van der Waals surface area contributed by atoms with Gasteiger partial charge in [-0.3, -0.25) is 0 Å². The zero-order chi connectivity index (χ0) is 11.2. The zero-order valence-corrected chi connectivity index (χ0v) is 7.63. The first-order valence-electron chi connectivity index (χ1n) is 4.16. The second-order valence-corrected chi connectivity index (χ2v) is 3.16. The number of hydrogen-bond acceptors (Lipinski definition) is 3. The molecule has 0 aromatic heterocycles. The number of aliphatic hydroxyl groups is 1. The van der Waals surface area contributed by atoms with Crippen LogP contribution in [0.2, 0.25) is 0 Å². The van der Waals surface area contributed by atoms with Gasteiger partial charge in [0.15, 0.2) is 11.5 Å². The van der Waals surface area contributed by atoms with E-state index in [4.69, 9.17) is 5.11 Å².